The maximum absolute atomic E-state index is 8.49. The van der Waals surface area contributed by atoms with E-state index in [1.54, 1.807) is 12.1 Å². The third kappa shape index (κ3) is 8.50. The summed E-state index contributed by atoms with van der Waals surface area (Å²) < 4.78 is 35.8. The molecule has 0 bridgehead atoms. The number of aromatic nitrogens is 2. The molecule has 10 rings (SSSR count). The first-order valence-corrected chi connectivity index (χ1v) is 26.0. The van der Waals surface area contributed by atoms with Gasteiger partial charge in [0, 0.05) is 23.9 Å². The molecule has 0 atom stereocenters. The van der Waals surface area contributed by atoms with Crippen LogP contribution in [0, 0.1) is 25.1 Å². The average Bonchev–Trinajstić information content (AvgIpc) is 3.85. The molecule has 0 radical (unpaired) electrons. The molecule has 0 saturated heterocycles. The van der Waals surface area contributed by atoms with Gasteiger partial charge >= 0.3 is 20.1 Å². The first-order valence-electron chi connectivity index (χ1n) is 23.7. The number of hydrogen-bond donors (Lipinski definition) is 0. The van der Waals surface area contributed by atoms with Gasteiger partial charge in [-0.1, -0.05) is 140 Å². The molecule has 0 aliphatic heterocycles. The molecule has 8 aromatic carbocycles. The largest absolute Gasteiger partial charge is 3.00 e. The molecule has 0 amide bonds. The Kier molecular flexibility index (Phi) is 11.1. The minimum atomic E-state index is -2.12. The van der Waals surface area contributed by atoms with Gasteiger partial charge in [-0.2, -0.15) is 53.8 Å². The van der Waals surface area contributed by atoms with E-state index in [1.807, 2.05) is 37.3 Å². The zero-order chi connectivity index (χ0) is 46.9. The van der Waals surface area contributed by atoms with E-state index in [2.05, 4.69) is 173 Å². The van der Waals surface area contributed by atoms with Crippen molar-refractivity contribution in [3.05, 3.63) is 174 Å². The zero-order valence-corrected chi connectivity index (χ0v) is 41.7. The van der Waals surface area contributed by atoms with Crippen molar-refractivity contribution >= 4 is 77.3 Å². The van der Waals surface area contributed by atoms with Crippen LogP contribution in [0.15, 0.2) is 133 Å². The number of imidazole rings is 1. The number of hydrogen-bond acceptors (Lipinski definition) is 2. The molecule has 5 heteroatoms. The number of para-hydroxylation sites is 3. The standard InChI is InChI=1S/C39H31N2S.C19H24Si.Ir/c1-23(2)28-12-9-13-29(24(3)4)38(28)41-35-15-8-7-14-34(35)40-39(41)27-18-19-36-32(20-27)33-22-31-26(21-37(33)42-36)17-16-25-10-5-6-11-30(25)31;1-14(2)18-13-17(11-12-19(18)20(4,5)6)16-9-7-15(3)8-10-16;/h5-17,19-24H,1-4H3;7-9,12-14H,1-6H3;/q-1;-2;+3/i;3D3,14D;. The molecule has 2 aromatic heterocycles. The number of aryl methyl sites for hydroxylation is 1. The van der Waals surface area contributed by atoms with Gasteiger partial charge in [0.05, 0.1) is 16.9 Å². The van der Waals surface area contributed by atoms with Crippen LogP contribution in [-0.4, -0.2) is 17.6 Å². The van der Waals surface area contributed by atoms with Crippen molar-refractivity contribution in [2.24, 2.45) is 0 Å². The number of fused-ring (bicyclic) bond motifs is 7. The van der Waals surface area contributed by atoms with Gasteiger partial charge in [0.2, 0.25) is 0 Å². The summed E-state index contributed by atoms with van der Waals surface area (Å²) in [7, 11) is -1.58. The van der Waals surface area contributed by atoms with E-state index >= 15 is 0 Å². The summed E-state index contributed by atoms with van der Waals surface area (Å²) in [4.78, 5) is 5.26. The molecule has 0 unspecified atom stereocenters. The predicted molar refractivity (Wildman–Crippen MR) is 273 cm³/mol. The van der Waals surface area contributed by atoms with Crippen LogP contribution in [0.3, 0.4) is 0 Å². The molecule has 2 heterocycles. The van der Waals surface area contributed by atoms with Crippen molar-refractivity contribution < 1.29 is 25.6 Å². The van der Waals surface area contributed by atoms with Gasteiger partial charge in [-0.25, -0.2) is 11.1 Å². The van der Waals surface area contributed by atoms with Gasteiger partial charge in [0.25, 0.3) is 0 Å². The van der Waals surface area contributed by atoms with E-state index in [4.69, 9.17) is 10.5 Å². The van der Waals surface area contributed by atoms with Crippen LogP contribution in [0.25, 0.3) is 81.0 Å². The Balaban J connectivity index is 0.000000209. The summed E-state index contributed by atoms with van der Waals surface area (Å²) in [5, 5.41) is 8.95. The molecule has 2 nitrogen and oxygen atoms in total. The van der Waals surface area contributed by atoms with Crippen molar-refractivity contribution in [2.75, 3.05) is 0 Å². The van der Waals surface area contributed by atoms with Crippen molar-refractivity contribution in [1.82, 2.24) is 9.55 Å². The van der Waals surface area contributed by atoms with E-state index in [9.17, 15) is 0 Å². The minimum absolute atomic E-state index is 0. The summed E-state index contributed by atoms with van der Waals surface area (Å²) >= 11 is 1.85. The Hall–Kier alpha value is -5.16. The van der Waals surface area contributed by atoms with Crippen LogP contribution >= 0.6 is 11.3 Å². The molecular weight excluding hydrogens is 977 g/mol. The van der Waals surface area contributed by atoms with Gasteiger partial charge in [0.15, 0.2) is 0 Å². The quantitative estimate of drug-likeness (QED) is 0.0884. The first kappa shape index (κ1) is 39.4. The molecule has 0 aliphatic carbocycles. The Morgan fingerprint density at radius 3 is 1.98 bits per heavy atom. The summed E-state index contributed by atoms with van der Waals surface area (Å²) in [5.41, 5.74) is 10.0. The predicted octanol–water partition coefficient (Wildman–Crippen LogP) is 16.3. The minimum Gasteiger partial charge on any atom is -0.333 e. The maximum atomic E-state index is 8.49. The summed E-state index contributed by atoms with van der Waals surface area (Å²) in [6.07, 6.45) is 0. The van der Waals surface area contributed by atoms with Crippen molar-refractivity contribution in [3.8, 4) is 28.2 Å². The fraction of sp³-hybridized carbons (Fsp3) is 0.224. The molecule has 10 aromatic rings. The average molecular weight is 1040 g/mol. The SMILES string of the molecule is CC(C)c1cccc(C(C)C)c1-n1c(-c2[c-]cc3sc4cc5ccc6ccccc6c5cc4c3c2)nc2ccccc21.[2H]C([2H])([2H])c1c[c-]c(-c2[c-]cc([Si](C)(C)C)c(C([2H])(C)C)c2)cc1.[Ir+3]. The summed E-state index contributed by atoms with van der Waals surface area (Å²) in [5.74, 6) is 1.00. The number of benzene rings is 8. The van der Waals surface area contributed by atoms with E-state index in [0.29, 0.717) is 11.8 Å². The van der Waals surface area contributed by atoms with Crippen LogP contribution in [-0.2, 0) is 20.1 Å². The van der Waals surface area contributed by atoms with Gasteiger partial charge in [-0.05, 0) is 84.8 Å². The molecule has 63 heavy (non-hydrogen) atoms. The smallest absolute Gasteiger partial charge is 0.333 e. The van der Waals surface area contributed by atoms with Crippen LogP contribution in [0.1, 0.15) is 87.0 Å². The Morgan fingerprint density at radius 1 is 0.603 bits per heavy atom. The maximum Gasteiger partial charge on any atom is 3.00 e. The molecule has 0 aliphatic rings. The number of rotatable bonds is 7. The normalized spacial score (nSPS) is 13.3. The van der Waals surface area contributed by atoms with E-state index in [0.717, 1.165) is 39.1 Å². The fourth-order valence-electron chi connectivity index (χ4n) is 8.83. The van der Waals surface area contributed by atoms with Crippen molar-refractivity contribution in [2.45, 2.75) is 85.8 Å². The van der Waals surface area contributed by atoms with Crippen LogP contribution in [0.4, 0.5) is 0 Å². The summed E-state index contributed by atoms with van der Waals surface area (Å²) in [6, 6.07) is 56.6. The first-order chi connectivity index (χ1) is 31.3. The third-order valence-corrected chi connectivity index (χ3v) is 15.2. The van der Waals surface area contributed by atoms with E-state index in [-0.39, 0.29) is 25.7 Å². The monoisotopic (exact) mass is 1040 g/mol. The van der Waals surface area contributed by atoms with Crippen molar-refractivity contribution in [3.63, 3.8) is 0 Å². The fourth-order valence-corrected chi connectivity index (χ4v) is 11.6. The Morgan fingerprint density at radius 2 is 1.29 bits per heavy atom. The second kappa shape index (κ2) is 17.8. The molecule has 0 spiro atoms. The van der Waals surface area contributed by atoms with Gasteiger partial charge < -0.3 is 4.57 Å². The van der Waals surface area contributed by atoms with E-state index < -0.39 is 20.8 Å². The topological polar surface area (TPSA) is 17.8 Å². The molecule has 316 valence electrons. The summed E-state index contributed by atoms with van der Waals surface area (Å²) in [6.45, 7) is 17.6. The van der Waals surface area contributed by atoms with Crippen molar-refractivity contribution in [1.29, 1.82) is 0 Å². The Labute approximate surface area is 398 Å². The zero-order valence-electron chi connectivity index (χ0n) is 41.5. The van der Waals surface area contributed by atoms with Crippen LogP contribution in [0.2, 0.25) is 19.6 Å². The second-order valence-corrected chi connectivity index (χ2v) is 24.5. The second-order valence-electron chi connectivity index (χ2n) is 18.4. The molecular formula is C58H55IrN2SSi. The molecule has 0 saturated carbocycles. The van der Waals surface area contributed by atoms with Gasteiger partial charge in [-0.3, -0.25) is 4.98 Å². The molecule has 0 N–H and O–H groups in total. The van der Waals surface area contributed by atoms with Gasteiger partial charge in [-0.15, -0.1) is 40.1 Å². The van der Waals surface area contributed by atoms with Crippen LogP contribution < -0.4 is 5.19 Å². The number of nitrogens with zero attached hydrogens (tertiary/aromatic N) is 2. The van der Waals surface area contributed by atoms with Crippen LogP contribution in [0.5, 0.6) is 0 Å². The number of thiophene rings is 1. The Bertz CT molecular complexity index is 3420. The van der Waals surface area contributed by atoms with E-state index in [1.165, 1.54) is 69.8 Å². The van der Waals surface area contributed by atoms with Gasteiger partial charge in [0.1, 0.15) is 0 Å². The third-order valence-electron chi connectivity index (χ3n) is 12.0. The molecule has 0 fully saturated rings.